The third-order valence-corrected chi connectivity index (χ3v) is 4.45. The molecule has 0 radical (unpaired) electrons. The molecule has 0 aliphatic carbocycles. The van der Waals surface area contributed by atoms with Crippen LogP contribution in [0.4, 0.5) is 0 Å². The molecule has 2 aromatic rings. The van der Waals surface area contributed by atoms with Crippen molar-refractivity contribution in [2.24, 2.45) is 0 Å². The maximum absolute atomic E-state index is 12.3. The molecular formula is C15H21N5OS. The molecule has 0 aromatic carbocycles. The minimum absolute atomic E-state index is 0.0675. The summed E-state index contributed by atoms with van der Waals surface area (Å²) >= 11 is 1.67. The molecule has 0 bridgehead atoms. The molecule has 6 nitrogen and oxygen atoms in total. The Labute approximate surface area is 134 Å². The quantitative estimate of drug-likeness (QED) is 0.847. The van der Waals surface area contributed by atoms with Gasteiger partial charge < -0.3 is 4.90 Å². The van der Waals surface area contributed by atoms with E-state index in [2.05, 4.69) is 9.88 Å². The van der Waals surface area contributed by atoms with Gasteiger partial charge in [0.15, 0.2) is 0 Å². The zero-order chi connectivity index (χ0) is 15.5. The van der Waals surface area contributed by atoms with Gasteiger partial charge >= 0.3 is 0 Å². The average molecular weight is 319 g/mol. The second-order valence-electron chi connectivity index (χ2n) is 5.88. The van der Waals surface area contributed by atoms with E-state index in [1.54, 1.807) is 17.4 Å². The van der Waals surface area contributed by atoms with Gasteiger partial charge in [-0.25, -0.2) is 9.97 Å². The minimum Gasteiger partial charge on any atom is -0.304 e. The van der Waals surface area contributed by atoms with Crippen molar-refractivity contribution in [1.82, 2.24) is 24.3 Å². The monoisotopic (exact) mass is 319 g/mol. The molecule has 7 heteroatoms. The Balaban J connectivity index is 1.84. The fourth-order valence-electron chi connectivity index (χ4n) is 2.76. The minimum atomic E-state index is 0.0675. The molecule has 0 saturated carbocycles. The van der Waals surface area contributed by atoms with E-state index in [0.717, 1.165) is 42.6 Å². The summed E-state index contributed by atoms with van der Waals surface area (Å²) in [6.07, 6.45) is 2.80. The first-order valence-corrected chi connectivity index (χ1v) is 8.35. The van der Waals surface area contributed by atoms with E-state index < -0.39 is 0 Å². The predicted molar refractivity (Wildman–Crippen MR) is 86.7 cm³/mol. The fraction of sp³-hybridized carbons (Fsp3) is 0.533. The third kappa shape index (κ3) is 3.60. The lowest BCUT2D eigenvalue weighted by Gasteiger charge is -2.18. The Bertz CT molecular complexity index is 680. The van der Waals surface area contributed by atoms with Crippen LogP contribution in [0.2, 0.25) is 0 Å². The Kier molecular flexibility index (Phi) is 4.66. The molecule has 3 rings (SSSR count). The van der Waals surface area contributed by atoms with Gasteiger partial charge in [-0.2, -0.15) is 0 Å². The second-order valence-corrected chi connectivity index (χ2v) is 6.86. The maximum Gasteiger partial charge on any atom is 0.253 e. The number of fused-ring (bicyclic) bond motifs is 1. The molecular weight excluding hydrogens is 298 g/mol. The summed E-state index contributed by atoms with van der Waals surface area (Å²) in [4.78, 5) is 25.7. The molecule has 1 aliphatic heterocycles. The number of hydrogen-bond acceptors (Lipinski definition) is 6. The second kappa shape index (κ2) is 6.68. The smallest absolute Gasteiger partial charge is 0.253 e. The number of aromatic nitrogens is 3. The van der Waals surface area contributed by atoms with Crippen LogP contribution in [0.3, 0.4) is 0 Å². The van der Waals surface area contributed by atoms with Crippen molar-refractivity contribution in [3.8, 4) is 0 Å². The van der Waals surface area contributed by atoms with Crippen LogP contribution in [-0.2, 0) is 26.2 Å². The molecule has 0 saturated heterocycles. The molecule has 0 amide bonds. The summed E-state index contributed by atoms with van der Waals surface area (Å²) < 4.78 is 1.82. The van der Waals surface area contributed by atoms with Crippen molar-refractivity contribution in [3.63, 3.8) is 0 Å². The van der Waals surface area contributed by atoms with Crippen molar-refractivity contribution < 1.29 is 0 Å². The largest absolute Gasteiger partial charge is 0.304 e. The Morgan fingerprint density at radius 2 is 2.23 bits per heavy atom. The van der Waals surface area contributed by atoms with Gasteiger partial charge in [0.2, 0.25) is 0 Å². The summed E-state index contributed by atoms with van der Waals surface area (Å²) in [5.41, 5.74) is 0.912. The van der Waals surface area contributed by atoms with Crippen molar-refractivity contribution in [1.29, 1.82) is 0 Å². The van der Waals surface area contributed by atoms with E-state index in [-0.39, 0.29) is 5.56 Å². The lowest BCUT2D eigenvalue weighted by atomic mass is 10.3. The highest BCUT2D eigenvalue weighted by Crippen LogP contribution is 2.14. The molecule has 2 aromatic heterocycles. The molecule has 3 heterocycles. The molecule has 0 N–H and O–H groups in total. The lowest BCUT2D eigenvalue weighted by Crippen LogP contribution is -2.28. The maximum atomic E-state index is 12.3. The van der Waals surface area contributed by atoms with E-state index in [0.29, 0.717) is 13.1 Å². The highest BCUT2D eigenvalue weighted by molar-refractivity contribution is 7.09. The molecule has 0 fully saturated rings. The topological polar surface area (TPSA) is 54.3 Å². The van der Waals surface area contributed by atoms with E-state index in [1.807, 2.05) is 35.1 Å². The standard InChI is InChI=1S/C15H21N5OS/c1-18(2)9-12-8-15(21)20-6-3-5-19(10-13(20)17-12)11-14-16-4-7-22-14/h4,7-8H,3,5-6,9-11H2,1-2H3. The van der Waals surface area contributed by atoms with Crippen LogP contribution in [-0.4, -0.2) is 45.0 Å². The van der Waals surface area contributed by atoms with Gasteiger partial charge in [-0.3, -0.25) is 14.3 Å². The first-order chi connectivity index (χ1) is 10.6. The van der Waals surface area contributed by atoms with Gasteiger partial charge in [0.1, 0.15) is 10.8 Å². The van der Waals surface area contributed by atoms with Crippen LogP contribution >= 0.6 is 11.3 Å². The van der Waals surface area contributed by atoms with Gasteiger partial charge in [0, 0.05) is 37.3 Å². The third-order valence-electron chi connectivity index (χ3n) is 3.68. The van der Waals surface area contributed by atoms with Crippen LogP contribution in [0.1, 0.15) is 22.9 Å². The van der Waals surface area contributed by atoms with E-state index in [1.165, 1.54) is 0 Å². The van der Waals surface area contributed by atoms with Gasteiger partial charge in [-0.05, 0) is 20.5 Å². The van der Waals surface area contributed by atoms with Gasteiger partial charge in [-0.15, -0.1) is 11.3 Å². The average Bonchev–Trinajstić information content (AvgIpc) is 2.85. The summed E-state index contributed by atoms with van der Waals surface area (Å²) in [5, 5.41) is 3.11. The summed E-state index contributed by atoms with van der Waals surface area (Å²) in [7, 11) is 3.97. The molecule has 0 spiro atoms. The number of nitrogens with zero attached hydrogens (tertiary/aromatic N) is 5. The van der Waals surface area contributed by atoms with Gasteiger partial charge in [-0.1, -0.05) is 0 Å². The first-order valence-electron chi connectivity index (χ1n) is 7.47. The molecule has 22 heavy (non-hydrogen) atoms. The molecule has 0 atom stereocenters. The SMILES string of the molecule is CN(C)Cc1cc(=O)n2c(n1)CN(Cc1nccs1)CCC2. The normalized spacial score (nSPS) is 15.8. The Morgan fingerprint density at radius 3 is 2.95 bits per heavy atom. The van der Waals surface area contributed by atoms with E-state index in [4.69, 9.17) is 4.98 Å². The van der Waals surface area contributed by atoms with Crippen LogP contribution in [0.25, 0.3) is 0 Å². The van der Waals surface area contributed by atoms with Crippen LogP contribution in [0, 0.1) is 0 Å². The number of thiazole rings is 1. The van der Waals surface area contributed by atoms with Crippen LogP contribution < -0.4 is 5.56 Å². The summed E-state index contributed by atoms with van der Waals surface area (Å²) in [5.74, 6) is 0.874. The highest BCUT2D eigenvalue weighted by Gasteiger charge is 2.18. The molecule has 118 valence electrons. The fourth-order valence-corrected chi connectivity index (χ4v) is 3.42. The first kappa shape index (κ1) is 15.3. The Hall–Kier alpha value is -1.57. The van der Waals surface area contributed by atoms with Crippen molar-refractivity contribution in [2.75, 3.05) is 20.6 Å². The van der Waals surface area contributed by atoms with E-state index in [9.17, 15) is 4.79 Å². The van der Waals surface area contributed by atoms with Crippen LogP contribution in [0.5, 0.6) is 0 Å². The van der Waals surface area contributed by atoms with Gasteiger partial charge in [0.25, 0.3) is 5.56 Å². The van der Waals surface area contributed by atoms with Crippen molar-refractivity contribution in [2.45, 2.75) is 32.6 Å². The predicted octanol–water partition coefficient (Wildman–Crippen LogP) is 1.17. The molecule has 0 unspecified atom stereocenters. The summed E-state index contributed by atoms with van der Waals surface area (Å²) in [6.45, 7) is 3.93. The molecule has 1 aliphatic rings. The Morgan fingerprint density at radius 1 is 1.36 bits per heavy atom. The summed E-state index contributed by atoms with van der Waals surface area (Å²) in [6, 6.07) is 1.67. The zero-order valence-electron chi connectivity index (χ0n) is 13.0. The zero-order valence-corrected chi connectivity index (χ0v) is 13.8. The highest BCUT2D eigenvalue weighted by atomic mass is 32.1. The van der Waals surface area contributed by atoms with Crippen molar-refractivity contribution in [3.05, 3.63) is 44.5 Å². The van der Waals surface area contributed by atoms with Crippen molar-refractivity contribution >= 4 is 11.3 Å². The number of rotatable bonds is 4. The lowest BCUT2D eigenvalue weighted by molar-refractivity contribution is 0.257. The van der Waals surface area contributed by atoms with E-state index >= 15 is 0 Å². The van der Waals surface area contributed by atoms with Crippen LogP contribution in [0.15, 0.2) is 22.4 Å². The number of hydrogen-bond donors (Lipinski definition) is 0. The van der Waals surface area contributed by atoms with Gasteiger partial charge in [0.05, 0.1) is 18.8 Å².